The summed E-state index contributed by atoms with van der Waals surface area (Å²) in [4.78, 5) is 29.5. The molecule has 1 fully saturated rings. The molecule has 1 aliphatic heterocycles. The van der Waals surface area contributed by atoms with E-state index in [2.05, 4.69) is 11.0 Å². The summed E-state index contributed by atoms with van der Waals surface area (Å²) < 4.78 is 16.5. The van der Waals surface area contributed by atoms with Gasteiger partial charge in [0.15, 0.2) is 17.3 Å². The smallest absolute Gasteiger partial charge is 0.223 e. The van der Waals surface area contributed by atoms with E-state index in [1.165, 1.54) is 11.1 Å². The fourth-order valence-electron chi connectivity index (χ4n) is 4.95. The molecular weight excluding hydrogens is 432 g/mol. The number of amides is 1. The van der Waals surface area contributed by atoms with Crippen molar-refractivity contribution < 1.29 is 23.8 Å². The number of carbonyl (C=O) groups excluding carboxylic acids is 2. The number of fused-ring (bicyclic) bond motifs is 1. The second kappa shape index (κ2) is 10.9. The molecule has 1 amide bonds. The monoisotopic (exact) mass is 466 g/mol. The van der Waals surface area contributed by atoms with Gasteiger partial charge in [0, 0.05) is 56.7 Å². The first-order valence-corrected chi connectivity index (χ1v) is 12.0. The van der Waals surface area contributed by atoms with Crippen molar-refractivity contribution in [3.05, 3.63) is 52.6 Å². The molecule has 2 aromatic carbocycles. The minimum Gasteiger partial charge on any atom is -0.493 e. The number of aryl methyl sites for hydroxylation is 2. The molecule has 4 rings (SSSR count). The molecule has 0 aromatic heterocycles. The van der Waals surface area contributed by atoms with Crippen molar-refractivity contribution >= 4 is 11.7 Å². The second-order valence-electron chi connectivity index (χ2n) is 8.91. The third kappa shape index (κ3) is 5.20. The van der Waals surface area contributed by atoms with Crippen LogP contribution in [0.1, 0.15) is 46.3 Å². The van der Waals surface area contributed by atoms with Crippen LogP contribution in [0.15, 0.2) is 30.3 Å². The van der Waals surface area contributed by atoms with Gasteiger partial charge in [-0.1, -0.05) is 18.2 Å². The number of nitrogens with zero attached hydrogens (tertiary/aromatic N) is 2. The minimum absolute atomic E-state index is 0.0536. The molecule has 182 valence electrons. The van der Waals surface area contributed by atoms with Gasteiger partial charge in [0.1, 0.15) is 0 Å². The first-order chi connectivity index (χ1) is 16.5. The van der Waals surface area contributed by atoms with Gasteiger partial charge in [-0.3, -0.25) is 14.5 Å². The van der Waals surface area contributed by atoms with E-state index in [-0.39, 0.29) is 24.5 Å². The Balaban J connectivity index is 1.27. The van der Waals surface area contributed by atoms with Crippen molar-refractivity contribution in [2.24, 2.45) is 0 Å². The minimum atomic E-state index is 0.0536. The van der Waals surface area contributed by atoms with Crippen LogP contribution in [0.2, 0.25) is 0 Å². The summed E-state index contributed by atoms with van der Waals surface area (Å²) in [7, 11) is 4.83. The largest absolute Gasteiger partial charge is 0.493 e. The van der Waals surface area contributed by atoms with Crippen LogP contribution in [-0.4, -0.2) is 69.0 Å². The van der Waals surface area contributed by atoms with Crippen LogP contribution < -0.4 is 14.2 Å². The molecule has 0 bridgehead atoms. The van der Waals surface area contributed by atoms with Crippen molar-refractivity contribution in [2.75, 3.05) is 47.5 Å². The zero-order chi connectivity index (χ0) is 24.1. The molecule has 0 atom stereocenters. The Labute approximate surface area is 201 Å². The van der Waals surface area contributed by atoms with Crippen LogP contribution in [0.4, 0.5) is 0 Å². The number of ether oxygens (including phenoxy) is 3. The van der Waals surface area contributed by atoms with Gasteiger partial charge in [-0.25, -0.2) is 0 Å². The number of methoxy groups -OCH3 is 3. The fourth-order valence-corrected chi connectivity index (χ4v) is 4.95. The molecule has 7 nitrogen and oxygen atoms in total. The molecular formula is C27H34N2O5. The van der Waals surface area contributed by atoms with E-state index in [4.69, 9.17) is 14.2 Å². The molecule has 0 N–H and O–H groups in total. The third-order valence-electron chi connectivity index (χ3n) is 6.89. The molecule has 7 heteroatoms. The zero-order valence-electron chi connectivity index (χ0n) is 20.4. The van der Waals surface area contributed by atoms with Gasteiger partial charge in [0.2, 0.25) is 11.7 Å². The summed E-state index contributed by atoms with van der Waals surface area (Å²) in [6.07, 6.45) is 3.85. The topological polar surface area (TPSA) is 68.3 Å². The van der Waals surface area contributed by atoms with E-state index in [9.17, 15) is 9.59 Å². The lowest BCUT2D eigenvalue weighted by atomic mass is 10.0. The average Bonchev–Trinajstić information content (AvgIpc) is 3.35. The Morgan fingerprint density at radius 1 is 0.824 bits per heavy atom. The predicted molar refractivity (Wildman–Crippen MR) is 130 cm³/mol. The van der Waals surface area contributed by atoms with Gasteiger partial charge in [-0.05, 0) is 42.5 Å². The van der Waals surface area contributed by atoms with Gasteiger partial charge in [-0.2, -0.15) is 0 Å². The summed E-state index contributed by atoms with van der Waals surface area (Å²) in [5.41, 5.74) is 4.40. The summed E-state index contributed by atoms with van der Waals surface area (Å²) in [6.45, 7) is 3.54. The Hall–Kier alpha value is -3.06. The lowest BCUT2D eigenvalue weighted by Crippen LogP contribution is -2.48. The number of benzene rings is 2. The van der Waals surface area contributed by atoms with E-state index in [0.29, 0.717) is 36.9 Å². The highest BCUT2D eigenvalue weighted by Gasteiger charge is 2.24. The van der Waals surface area contributed by atoms with Crippen LogP contribution in [-0.2, 0) is 24.2 Å². The maximum atomic E-state index is 12.7. The zero-order valence-corrected chi connectivity index (χ0v) is 20.4. The normalized spacial score (nSPS) is 15.7. The lowest BCUT2D eigenvalue weighted by Gasteiger charge is -2.35. The van der Waals surface area contributed by atoms with Crippen molar-refractivity contribution in [3.8, 4) is 17.2 Å². The standard InChI is InChI=1S/C27H34N2O5/c1-32-24-11-9-22(26(33-2)27(24)34-3)18-28-13-15-29(16-14-28)25(31)12-10-23(30)21-8-7-19-5-4-6-20(19)17-21/h7-9,11,17H,4-6,10,12-16,18H2,1-3H3. The summed E-state index contributed by atoms with van der Waals surface area (Å²) in [5, 5.41) is 0. The van der Waals surface area contributed by atoms with Crippen molar-refractivity contribution in [1.29, 1.82) is 0 Å². The van der Waals surface area contributed by atoms with Crippen LogP contribution in [0.5, 0.6) is 17.2 Å². The Morgan fingerprint density at radius 2 is 1.56 bits per heavy atom. The van der Waals surface area contributed by atoms with E-state index in [1.807, 2.05) is 29.2 Å². The van der Waals surface area contributed by atoms with Gasteiger partial charge in [0.25, 0.3) is 0 Å². The first kappa shape index (κ1) is 24.1. The van der Waals surface area contributed by atoms with Crippen molar-refractivity contribution in [3.63, 3.8) is 0 Å². The van der Waals surface area contributed by atoms with Gasteiger partial charge in [-0.15, -0.1) is 0 Å². The molecule has 34 heavy (non-hydrogen) atoms. The highest BCUT2D eigenvalue weighted by molar-refractivity contribution is 5.98. The molecule has 2 aromatic rings. The number of hydrogen-bond acceptors (Lipinski definition) is 6. The number of carbonyl (C=O) groups is 2. The molecule has 1 saturated heterocycles. The molecule has 0 radical (unpaired) electrons. The van der Waals surface area contributed by atoms with E-state index in [0.717, 1.165) is 43.5 Å². The fraction of sp³-hybridized carbons (Fsp3) is 0.481. The number of ketones is 1. The molecule has 0 spiro atoms. The number of Topliss-reactive ketones (excluding diaryl/α,β-unsaturated/α-hetero) is 1. The van der Waals surface area contributed by atoms with Gasteiger partial charge < -0.3 is 19.1 Å². The van der Waals surface area contributed by atoms with E-state index < -0.39 is 0 Å². The lowest BCUT2D eigenvalue weighted by molar-refractivity contribution is -0.133. The summed E-state index contributed by atoms with van der Waals surface area (Å²) in [6, 6.07) is 9.88. The van der Waals surface area contributed by atoms with Crippen LogP contribution in [0.25, 0.3) is 0 Å². The molecule has 1 heterocycles. The number of piperazine rings is 1. The van der Waals surface area contributed by atoms with Gasteiger partial charge in [0.05, 0.1) is 21.3 Å². The van der Waals surface area contributed by atoms with E-state index in [1.54, 1.807) is 21.3 Å². The van der Waals surface area contributed by atoms with Crippen LogP contribution in [0.3, 0.4) is 0 Å². The molecule has 1 aliphatic carbocycles. The number of rotatable bonds is 9. The first-order valence-electron chi connectivity index (χ1n) is 12.0. The highest BCUT2D eigenvalue weighted by atomic mass is 16.5. The molecule has 2 aliphatic rings. The van der Waals surface area contributed by atoms with Crippen molar-refractivity contribution in [1.82, 2.24) is 9.80 Å². The number of hydrogen-bond donors (Lipinski definition) is 0. The third-order valence-corrected chi connectivity index (χ3v) is 6.89. The summed E-state index contributed by atoms with van der Waals surface area (Å²) >= 11 is 0. The quantitative estimate of drug-likeness (QED) is 0.527. The average molecular weight is 467 g/mol. The maximum absolute atomic E-state index is 12.7. The van der Waals surface area contributed by atoms with E-state index >= 15 is 0 Å². The predicted octanol–water partition coefficient (Wildman–Crippen LogP) is 3.51. The maximum Gasteiger partial charge on any atom is 0.223 e. The second-order valence-corrected chi connectivity index (χ2v) is 8.91. The molecule has 0 unspecified atom stereocenters. The Morgan fingerprint density at radius 3 is 2.26 bits per heavy atom. The van der Waals surface area contributed by atoms with Crippen LogP contribution >= 0.6 is 0 Å². The van der Waals surface area contributed by atoms with Crippen molar-refractivity contribution in [2.45, 2.75) is 38.6 Å². The Bertz CT molecular complexity index is 1040. The Kier molecular flexibility index (Phi) is 7.73. The SMILES string of the molecule is COc1ccc(CN2CCN(C(=O)CCC(=O)c3ccc4c(c3)CCC4)CC2)c(OC)c1OC. The molecule has 0 saturated carbocycles. The highest BCUT2D eigenvalue weighted by Crippen LogP contribution is 2.40. The van der Waals surface area contributed by atoms with Crippen LogP contribution in [0, 0.1) is 0 Å². The van der Waals surface area contributed by atoms with Gasteiger partial charge >= 0.3 is 0 Å². The summed E-state index contributed by atoms with van der Waals surface area (Å²) in [5.74, 6) is 2.00.